The fraction of sp³-hybridized carbons (Fsp3) is 0.438. The lowest BCUT2D eigenvalue weighted by Gasteiger charge is -2.29. The van der Waals surface area contributed by atoms with Crippen LogP contribution in [0.2, 0.25) is 0 Å². The van der Waals surface area contributed by atoms with Crippen LogP contribution in [0.5, 0.6) is 0 Å². The lowest BCUT2D eigenvalue weighted by Crippen LogP contribution is -2.36. The van der Waals surface area contributed by atoms with E-state index in [0.717, 1.165) is 16.7 Å². The summed E-state index contributed by atoms with van der Waals surface area (Å²) >= 11 is 0. The smallest absolute Gasteiger partial charge is 0.180 e. The molecule has 0 saturated heterocycles. The van der Waals surface area contributed by atoms with Crippen LogP contribution in [0.1, 0.15) is 23.6 Å². The number of hydrogen-bond donors (Lipinski definition) is 0. The molecule has 0 radical (unpaired) electrons. The molecule has 3 aromatic rings. The first kappa shape index (κ1) is 35.9. The van der Waals surface area contributed by atoms with E-state index in [-0.39, 0.29) is 71.6 Å². The minimum Gasteiger partial charge on any atom is -0.380 e. The predicted molar refractivity (Wildman–Crippen MR) is 170 cm³/mol. The van der Waals surface area contributed by atoms with Gasteiger partial charge in [0.05, 0.1) is 71.6 Å². The lowest BCUT2D eigenvalue weighted by atomic mass is 9.94. The molecular formula is C32H42O9S3. The summed E-state index contributed by atoms with van der Waals surface area (Å²) in [4.78, 5) is 0.641. The monoisotopic (exact) mass is 666 g/mol. The van der Waals surface area contributed by atoms with Crippen LogP contribution in [0.25, 0.3) is 0 Å². The van der Waals surface area contributed by atoms with Gasteiger partial charge in [-0.3, -0.25) is 0 Å². The number of aryl methyl sites for hydroxylation is 3. The van der Waals surface area contributed by atoms with Crippen molar-refractivity contribution in [2.45, 2.75) is 42.4 Å². The van der Waals surface area contributed by atoms with Crippen LogP contribution in [0, 0.1) is 26.2 Å². The van der Waals surface area contributed by atoms with Crippen molar-refractivity contribution < 1.29 is 39.5 Å². The van der Waals surface area contributed by atoms with E-state index in [4.69, 9.17) is 14.2 Å². The highest BCUT2D eigenvalue weighted by atomic mass is 32.2. The Bertz CT molecular complexity index is 1460. The Balaban J connectivity index is 1.57. The number of hydrogen-bond acceptors (Lipinski definition) is 9. The highest BCUT2D eigenvalue weighted by Crippen LogP contribution is 2.21. The molecule has 0 aliphatic heterocycles. The van der Waals surface area contributed by atoms with E-state index in [1.54, 1.807) is 79.7 Å². The zero-order valence-corrected chi connectivity index (χ0v) is 28.1. The zero-order chi connectivity index (χ0) is 32.4. The van der Waals surface area contributed by atoms with Crippen LogP contribution < -0.4 is 0 Å². The molecule has 3 aromatic carbocycles. The second-order valence-corrected chi connectivity index (χ2v) is 17.7. The number of benzene rings is 3. The molecule has 0 bridgehead atoms. The molecule has 0 spiro atoms. The minimum atomic E-state index is -3.55. The highest BCUT2D eigenvalue weighted by molar-refractivity contribution is 7.92. The molecule has 0 aliphatic rings. The van der Waals surface area contributed by atoms with Gasteiger partial charge in [0, 0.05) is 5.41 Å². The van der Waals surface area contributed by atoms with Crippen molar-refractivity contribution in [3.8, 4) is 0 Å². The van der Waals surface area contributed by atoms with Gasteiger partial charge in [-0.2, -0.15) is 0 Å². The van der Waals surface area contributed by atoms with Gasteiger partial charge in [-0.15, -0.1) is 0 Å². The SMILES string of the molecule is Cc1ccc(S(=O)(=O)CCOCC(C)(COCCS(=O)(=O)c2ccc(C)cc2)COCCS(=O)(=O)c2ccc(C)cc2)cc1. The number of rotatable bonds is 18. The van der Waals surface area contributed by atoms with Crippen molar-refractivity contribution in [2.24, 2.45) is 5.41 Å². The Morgan fingerprint density at radius 2 is 0.682 bits per heavy atom. The Morgan fingerprint density at radius 1 is 0.455 bits per heavy atom. The second-order valence-electron chi connectivity index (χ2n) is 11.4. The van der Waals surface area contributed by atoms with Crippen molar-refractivity contribution in [2.75, 3.05) is 56.9 Å². The van der Waals surface area contributed by atoms with Crippen LogP contribution in [-0.2, 0) is 43.7 Å². The fourth-order valence-corrected chi connectivity index (χ4v) is 7.55. The van der Waals surface area contributed by atoms with E-state index in [2.05, 4.69) is 0 Å². The van der Waals surface area contributed by atoms with Crippen LogP contribution >= 0.6 is 0 Å². The molecule has 0 heterocycles. The lowest BCUT2D eigenvalue weighted by molar-refractivity contribution is -0.0529. The summed E-state index contributed by atoms with van der Waals surface area (Å²) in [6.07, 6.45) is 0. The molecule has 0 saturated carbocycles. The number of ether oxygens (including phenoxy) is 3. The maximum Gasteiger partial charge on any atom is 0.180 e. The van der Waals surface area contributed by atoms with Gasteiger partial charge >= 0.3 is 0 Å². The summed E-state index contributed by atoms with van der Waals surface area (Å²) in [5.41, 5.74) is 2.05. The van der Waals surface area contributed by atoms with Gasteiger partial charge < -0.3 is 14.2 Å². The molecule has 12 heteroatoms. The molecule has 0 atom stereocenters. The van der Waals surface area contributed by atoms with Gasteiger partial charge in [-0.25, -0.2) is 25.3 Å². The highest BCUT2D eigenvalue weighted by Gasteiger charge is 2.28. The Kier molecular flexibility index (Phi) is 12.7. The quantitative estimate of drug-likeness (QED) is 0.182. The summed E-state index contributed by atoms with van der Waals surface area (Å²) in [7, 11) is -10.6. The standard InChI is InChI=1S/C32H42O9S3/c1-26-5-11-29(12-6-26)42(33,34)20-17-39-23-32(4,24-40-18-21-43(35,36)30-13-7-27(2)8-14-30)25-41-19-22-44(37,38)31-15-9-28(3)10-16-31/h5-16H,17-25H2,1-4H3. The molecule has 242 valence electrons. The molecule has 0 N–H and O–H groups in total. The summed E-state index contributed by atoms with van der Waals surface area (Å²) in [5, 5.41) is 0. The molecule has 0 aromatic heterocycles. The maximum absolute atomic E-state index is 12.7. The maximum atomic E-state index is 12.7. The van der Waals surface area contributed by atoms with E-state index >= 15 is 0 Å². The number of sulfone groups is 3. The largest absolute Gasteiger partial charge is 0.380 e. The van der Waals surface area contributed by atoms with E-state index in [9.17, 15) is 25.3 Å². The van der Waals surface area contributed by atoms with Crippen LogP contribution in [0.3, 0.4) is 0 Å². The first-order chi connectivity index (χ1) is 20.6. The van der Waals surface area contributed by atoms with Gasteiger partial charge in [0.2, 0.25) is 0 Å². The third-order valence-electron chi connectivity index (χ3n) is 6.98. The molecular weight excluding hydrogens is 625 g/mol. The predicted octanol–water partition coefficient (Wildman–Crippen LogP) is 4.39. The van der Waals surface area contributed by atoms with Crippen molar-refractivity contribution in [3.63, 3.8) is 0 Å². The summed E-state index contributed by atoms with van der Waals surface area (Å²) < 4.78 is 93.5. The second kappa shape index (κ2) is 15.6. The van der Waals surface area contributed by atoms with E-state index in [1.165, 1.54) is 0 Å². The summed E-state index contributed by atoms with van der Waals surface area (Å²) in [6, 6.07) is 19.8. The topological polar surface area (TPSA) is 130 Å². The molecule has 0 amide bonds. The first-order valence-electron chi connectivity index (χ1n) is 14.2. The van der Waals surface area contributed by atoms with Gasteiger partial charge in [0.15, 0.2) is 29.5 Å². The van der Waals surface area contributed by atoms with Crippen LogP contribution in [-0.4, -0.2) is 82.2 Å². The fourth-order valence-electron chi connectivity index (χ4n) is 4.18. The molecule has 44 heavy (non-hydrogen) atoms. The van der Waals surface area contributed by atoms with E-state index < -0.39 is 34.9 Å². The molecule has 0 aliphatic carbocycles. The van der Waals surface area contributed by atoms with E-state index in [1.807, 2.05) is 20.8 Å². The van der Waals surface area contributed by atoms with Gasteiger partial charge in [0.25, 0.3) is 0 Å². The van der Waals surface area contributed by atoms with Crippen molar-refractivity contribution in [1.29, 1.82) is 0 Å². The van der Waals surface area contributed by atoms with Gasteiger partial charge in [0.1, 0.15) is 0 Å². The van der Waals surface area contributed by atoms with Crippen molar-refractivity contribution in [3.05, 3.63) is 89.5 Å². The van der Waals surface area contributed by atoms with Crippen LogP contribution in [0.15, 0.2) is 87.5 Å². The summed E-state index contributed by atoms with van der Waals surface area (Å²) in [5.74, 6) is -0.674. The molecule has 0 unspecified atom stereocenters. The average molecular weight is 667 g/mol. The van der Waals surface area contributed by atoms with Gasteiger partial charge in [-0.05, 0) is 57.2 Å². The Hall–Kier alpha value is -2.61. The van der Waals surface area contributed by atoms with Crippen molar-refractivity contribution in [1.82, 2.24) is 0 Å². The normalized spacial score (nSPS) is 12.8. The van der Waals surface area contributed by atoms with Crippen molar-refractivity contribution >= 4 is 29.5 Å². The van der Waals surface area contributed by atoms with E-state index in [0.29, 0.717) is 0 Å². The minimum absolute atomic E-state index is 0.0475. The Labute approximate surface area is 262 Å². The summed E-state index contributed by atoms with van der Waals surface area (Å²) in [6.45, 7) is 7.34. The third-order valence-corrected chi connectivity index (χ3v) is 12.1. The molecule has 3 rings (SSSR count). The molecule has 0 fully saturated rings. The third kappa shape index (κ3) is 11.1. The zero-order valence-electron chi connectivity index (χ0n) is 25.7. The average Bonchev–Trinajstić information content (AvgIpc) is 2.97. The van der Waals surface area contributed by atoms with Gasteiger partial charge in [-0.1, -0.05) is 60.0 Å². The Morgan fingerprint density at radius 3 is 0.909 bits per heavy atom. The molecule has 9 nitrogen and oxygen atoms in total. The van der Waals surface area contributed by atoms with Crippen LogP contribution in [0.4, 0.5) is 0 Å². The first-order valence-corrected chi connectivity index (χ1v) is 19.2.